The highest BCUT2D eigenvalue weighted by Crippen LogP contribution is 2.13. The summed E-state index contributed by atoms with van der Waals surface area (Å²) in [7, 11) is 0. The molecule has 0 aliphatic carbocycles. The molecule has 2 amide bonds. The summed E-state index contributed by atoms with van der Waals surface area (Å²) in [5.41, 5.74) is 0. The molecule has 0 spiro atoms. The van der Waals surface area contributed by atoms with Gasteiger partial charge < -0.3 is 20.3 Å². The molecule has 2 N–H and O–H groups in total. The van der Waals surface area contributed by atoms with Gasteiger partial charge in [-0.1, -0.05) is 6.92 Å². The van der Waals surface area contributed by atoms with Gasteiger partial charge in [0.05, 0.1) is 13.2 Å². The molecule has 0 aromatic heterocycles. The molecule has 2 heterocycles. The maximum absolute atomic E-state index is 12.3. The van der Waals surface area contributed by atoms with E-state index in [0.717, 1.165) is 32.5 Å². The fourth-order valence-corrected chi connectivity index (χ4v) is 2.74. The number of nitrogens with zero attached hydrogens (tertiary/aromatic N) is 1. The molecule has 2 atom stereocenters. The Balaban J connectivity index is 0.00000220. The SMILES string of the molecule is CCC(=O)NC1CCCN(C(=O)CC2COCCN2)C1.Cl. The zero-order valence-corrected chi connectivity index (χ0v) is 13.4. The molecule has 0 aromatic carbocycles. The maximum atomic E-state index is 12.3. The van der Waals surface area contributed by atoms with Gasteiger partial charge in [0, 0.05) is 44.6 Å². The Kier molecular flexibility index (Phi) is 8.00. The first kappa shape index (κ1) is 18.2. The minimum absolute atomic E-state index is 0. The second-order valence-electron chi connectivity index (χ2n) is 5.53. The van der Waals surface area contributed by atoms with Gasteiger partial charge in [-0.05, 0) is 12.8 Å². The normalized spacial score (nSPS) is 25.9. The van der Waals surface area contributed by atoms with Gasteiger partial charge in [-0.3, -0.25) is 9.59 Å². The van der Waals surface area contributed by atoms with Crippen LogP contribution in [-0.4, -0.2) is 61.6 Å². The van der Waals surface area contributed by atoms with Gasteiger partial charge in [0.2, 0.25) is 11.8 Å². The molecule has 2 rings (SSSR count). The van der Waals surface area contributed by atoms with Crippen molar-refractivity contribution in [1.82, 2.24) is 15.5 Å². The predicted octanol–water partition coefficient (Wildman–Crippen LogP) is 0.304. The van der Waals surface area contributed by atoms with Crippen molar-refractivity contribution in [3.63, 3.8) is 0 Å². The summed E-state index contributed by atoms with van der Waals surface area (Å²) in [5.74, 6) is 0.218. The van der Waals surface area contributed by atoms with Crippen molar-refractivity contribution in [2.75, 3.05) is 32.8 Å². The largest absolute Gasteiger partial charge is 0.378 e. The zero-order valence-electron chi connectivity index (χ0n) is 12.6. The van der Waals surface area contributed by atoms with Crippen LogP contribution in [0.2, 0.25) is 0 Å². The smallest absolute Gasteiger partial charge is 0.224 e. The Hall–Kier alpha value is -0.850. The topological polar surface area (TPSA) is 70.7 Å². The molecule has 2 fully saturated rings. The Bertz CT molecular complexity index is 348. The van der Waals surface area contributed by atoms with Crippen LogP contribution in [0.1, 0.15) is 32.6 Å². The third-order valence-corrected chi connectivity index (χ3v) is 3.88. The molecule has 0 radical (unpaired) electrons. The number of nitrogens with one attached hydrogen (secondary N) is 2. The van der Waals surface area contributed by atoms with Gasteiger partial charge in [-0.25, -0.2) is 0 Å². The van der Waals surface area contributed by atoms with E-state index >= 15 is 0 Å². The molecular weight excluding hydrogens is 294 g/mol. The Morgan fingerprint density at radius 2 is 2.24 bits per heavy atom. The Morgan fingerprint density at radius 1 is 1.43 bits per heavy atom. The van der Waals surface area contributed by atoms with E-state index in [1.807, 2.05) is 11.8 Å². The molecule has 0 bridgehead atoms. The van der Waals surface area contributed by atoms with E-state index in [1.165, 1.54) is 0 Å². The fourth-order valence-electron chi connectivity index (χ4n) is 2.74. The summed E-state index contributed by atoms with van der Waals surface area (Å²) < 4.78 is 5.37. The van der Waals surface area contributed by atoms with Crippen molar-refractivity contribution < 1.29 is 14.3 Å². The maximum Gasteiger partial charge on any atom is 0.224 e. The van der Waals surface area contributed by atoms with E-state index in [0.29, 0.717) is 26.0 Å². The minimum Gasteiger partial charge on any atom is -0.378 e. The fraction of sp³-hybridized carbons (Fsp3) is 0.857. The number of halogens is 1. The molecule has 2 aliphatic heterocycles. The summed E-state index contributed by atoms with van der Waals surface area (Å²) in [6.07, 6.45) is 2.89. The highest BCUT2D eigenvalue weighted by atomic mass is 35.5. The summed E-state index contributed by atoms with van der Waals surface area (Å²) in [5, 5.41) is 6.28. The number of ether oxygens (including phenoxy) is 1. The molecular formula is C14H26ClN3O3. The number of hydrogen-bond donors (Lipinski definition) is 2. The van der Waals surface area contributed by atoms with Crippen molar-refractivity contribution in [3.05, 3.63) is 0 Å². The zero-order chi connectivity index (χ0) is 14.4. The Labute approximate surface area is 132 Å². The number of hydrogen-bond acceptors (Lipinski definition) is 4. The molecule has 2 aliphatic rings. The highest BCUT2D eigenvalue weighted by molar-refractivity contribution is 5.85. The van der Waals surface area contributed by atoms with Crippen LogP contribution in [0, 0.1) is 0 Å². The number of carbonyl (C=O) groups excluding carboxylic acids is 2. The number of morpholine rings is 1. The van der Waals surface area contributed by atoms with Crippen LogP contribution in [0.5, 0.6) is 0 Å². The molecule has 2 saturated heterocycles. The summed E-state index contributed by atoms with van der Waals surface area (Å²) in [4.78, 5) is 25.6. The number of likely N-dealkylation sites (tertiary alicyclic amines) is 1. The van der Waals surface area contributed by atoms with E-state index in [-0.39, 0.29) is 36.3 Å². The number of piperidine rings is 1. The molecule has 2 unspecified atom stereocenters. The predicted molar refractivity (Wildman–Crippen MR) is 82.5 cm³/mol. The lowest BCUT2D eigenvalue weighted by atomic mass is 10.0. The van der Waals surface area contributed by atoms with E-state index in [4.69, 9.17) is 4.74 Å². The lowest BCUT2D eigenvalue weighted by Gasteiger charge is -2.34. The van der Waals surface area contributed by atoms with Crippen molar-refractivity contribution >= 4 is 24.2 Å². The minimum atomic E-state index is 0. The first-order valence-corrected chi connectivity index (χ1v) is 7.57. The third-order valence-electron chi connectivity index (χ3n) is 3.88. The number of carbonyl (C=O) groups is 2. The van der Waals surface area contributed by atoms with Crippen LogP contribution in [0.4, 0.5) is 0 Å². The molecule has 6 nitrogen and oxygen atoms in total. The van der Waals surface area contributed by atoms with Gasteiger partial charge in [-0.2, -0.15) is 0 Å². The van der Waals surface area contributed by atoms with Crippen molar-refractivity contribution in [1.29, 1.82) is 0 Å². The molecule has 0 saturated carbocycles. The number of rotatable bonds is 4. The van der Waals surface area contributed by atoms with Crippen molar-refractivity contribution in [3.8, 4) is 0 Å². The third kappa shape index (κ3) is 5.80. The van der Waals surface area contributed by atoms with Crippen molar-refractivity contribution in [2.45, 2.75) is 44.7 Å². The van der Waals surface area contributed by atoms with Crippen LogP contribution < -0.4 is 10.6 Å². The van der Waals surface area contributed by atoms with E-state index in [9.17, 15) is 9.59 Å². The van der Waals surface area contributed by atoms with E-state index in [1.54, 1.807) is 0 Å². The van der Waals surface area contributed by atoms with Crippen LogP contribution in [0.15, 0.2) is 0 Å². The quantitative estimate of drug-likeness (QED) is 0.782. The van der Waals surface area contributed by atoms with E-state index in [2.05, 4.69) is 10.6 Å². The first-order valence-electron chi connectivity index (χ1n) is 7.57. The molecule has 21 heavy (non-hydrogen) atoms. The second kappa shape index (κ2) is 9.23. The van der Waals surface area contributed by atoms with Crippen LogP contribution >= 0.6 is 12.4 Å². The molecule has 7 heteroatoms. The van der Waals surface area contributed by atoms with Gasteiger partial charge in [0.1, 0.15) is 0 Å². The van der Waals surface area contributed by atoms with Crippen molar-refractivity contribution in [2.24, 2.45) is 0 Å². The lowest BCUT2D eigenvalue weighted by Crippen LogP contribution is -2.51. The monoisotopic (exact) mass is 319 g/mol. The molecule has 122 valence electrons. The Morgan fingerprint density at radius 3 is 2.90 bits per heavy atom. The van der Waals surface area contributed by atoms with Gasteiger partial charge in [0.15, 0.2) is 0 Å². The average molecular weight is 320 g/mol. The molecule has 0 aromatic rings. The summed E-state index contributed by atoms with van der Waals surface area (Å²) in [6.45, 7) is 5.42. The van der Waals surface area contributed by atoms with Crippen LogP contribution in [0.25, 0.3) is 0 Å². The lowest BCUT2D eigenvalue weighted by molar-refractivity contribution is -0.134. The summed E-state index contributed by atoms with van der Waals surface area (Å²) >= 11 is 0. The highest BCUT2D eigenvalue weighted by Gasteiger charge is 2.26. The summed E-state index contributed by atoms with van der Waals surface area (Å²) in [6, 6.07) is 0.234. The van der Waals surface area contributed by atoms with Gasteiger partial charge in [-0.15, -0.1) is 12.4 Å². The van der Waals surface area contributed by atoms with Crippen LogP contribution in [0.3, 0.4) is 0 Å². The second-order valence-corrected chi connectivity index (χ2v) is 5.53. The first-order chi connectivity index (χ1) is 9.69. The van der Waals surface area contributed by atoms with Crippen LogP contribution in [-0.2, 0) is 14.3 Å². The standard InChI is InChI=1S/C14H25N3O3.ClH/c1-2-13(18)16-11-4-3-6-17(9-11)14(19)8-12-10-20-7-5-15-12;/h11-12,15H,2-10H2,1H3,(H,16,18);1H. The van der Waals surface area contributed by atoms with Gasteiger partial charge >= 0.3 is 0 Å². The average Bonchev–Trinajstić information content (AvgIpc) is 2.48. The van der Waals surface area contributed by atoms with E-state index < -0.39 is 0 Å². The van der Waals surface area contributed by atoms with Gasteiger partial charge in [0.25, 0.3) is 0 Å². The number of amides is 2.